The van der Waals surface area contributed by atoms with Gasteiger partial charge in [0, 0.05) is 45.0 Å². The quantitative estimate of drug-likeness (QED) is 0.829. The van der Waals surface area contributed by atoms with Crippen LogP contribution >= 0.6 is 0 Å². The lowest BCUT2D eigenvalue weighted by atomic mass is 9.92. The van der Waals surface area contributed by atoms with Crippen LogP contribution in [0.3, 0.4) is 0 Å². The second-order valence-corrected chi connectivity index (χ2v) is 7.77. The average Bonchev–Trinajstić information content (AvgIpc) is 2.74. The van der Waals surface area contributed by atoms with Gasteiger partial charge < -0.3 is 20.3 Å². The highest BCUT2D eigenvalue weighted by atomic mass is 16.5. The van der Waals surface area contributed by atoms with E-state index in [-0.39, 0.29) is 5.92 Å². The normalized spacial score (nSPS) is 25.6. The Labute approximate surface area is 160 Å². The van der Waals surface area contributed by atoms with E-state index in [1.54, 1.807) is 12.3 Å². The zero-order valence-electron chi connectivity index (χ0n) is 15.9. The van der Waals surface area contributed by atoms with Crippen molar-refractivity contribution < 1.29 is 9.53 Å². The Morgan fingerprint density at radius 3 is 2.63 bits per heavy atom. The molecule has 3 fully saturated rings. The van der Waals surface area contributed by atoms with Gasteiger partial charge in [-0.2, -0.15) is 4.98 Å². The van der Waals surface area contributed by atoms with Gasteiger partial charge in [-0.3, -0.25) is 9.69 Å². The molecule has 0 radical (unpaired) electrons. The molecule has 3 saturated heterocycles. The molecule has 1 aromatic rings. The van der Waals surface area contributed by atoms with Gasteiger partial charge in [0.2, 0.25) is 11.9 Å². The summed E-state index contributed by atoms with van der Waals surface area (Å²) >= 11 is 0. The molecule has 0 spiro atoms. The van der Waals surface area contributed by atoms with E-state index in [1.165, 1.54) is 0 Å². The van der Waals surface area contributed by atoms with Crippen molar-refractivity contribution in [1.82, 2.24) is 19.8 Å². The predicted octanol–water partition coefficient (Wildman–Crippen LogP) is 0.598. The van der Waals surface area contributed by atoms with Crippen LogP contribution in [0, 0.1) is 5.92 Å². The monoisotopic (exact) mass is 374 g/mol. The number of nitrogens with zero attached hydrogens (tertiary/aromatic N) is 5. The molecule has 3 aliphatic heterocycles. The number of hydrogen-bond acceptors (Lipinski definition) is 7. The molecule has 8 heteroatoms. The highest BCUT2D eigenvalue weighted by Gasteiger charge is 2.34. The molecule has 4 rings (SSSR count). The molecule has 0 saturated carbocycles. The number of rotatable bonds is 3. The number of amides is 1. The maximum Gasteiger partial charge on any atom is 0.227 e. The van der Waals surface area contributed by atoms with E-state index in [0.717, 1.165) is 70.9 Å². The molecule has 8 nitrogen and oxygen atoms in total. The first-order valence-electron chi connectivity index (χ1n) is 10.1. The van der Waals surface area contributed by atoms with Gasteiger partial charge in [0.05, 0.1) is 19.1 Å². The van der Waals surface area contributed by atoms with Gasteiger partial charge in [-0.15, -0.1) is 0 Å². The number of nitrogen functional groups attached to an aromatic ring is 1. The van der Waals surface area contributed by atoms with Gasteiger partial charge >= 0.3 is 0 Å². The standard InChI is InChI=1S/C19H30N6O2/c20-17-3-6-21-19(22-17)24-8-4-16(5-9-24)25-7-1-2-15(14-25)18(26)23-10-12-27-13-11-23/h3,6,15-16H,1-2,4-5,7-14H2,(H2,20,21,22)/t15-/m1/s1. The lowest BCUT2D eigenvalue weighted by Crippen LogP contribution is -2.52. The van der Waals surface area contributed by atoms with Gasteiger partial charge in [0.25, 0.3) is 0 Å². The van der Waals surface area contributed by atoms with E-state index in [4.69, 9.17) is 10.5 Å². The number of carbonyl (C=O) groups excluding carboxylic acids is 1. The van der Waals surface area contributed by atoms with Crippen LogP contribution in [0.2, 0.25) is 0 Å². The van der Waals surface area contributed by atoms with Crippen LogP contribution < -0.4 is 10.6 Å². The van der Waals surface area contributed by atoms with Crippen molar-refractivity contribution >= 4 is 17.7 Å². The number of ether oxygens (including phenoxy) is 1. The summed E-state index contributed by atoms with van der Waals surface area (Å²) in [5.41, 5.74) is 5.78. The minimum atomic E-state index is 0.145. The molecule has 27 heavy (non-hydrogen) atoms. The summed E-state index contributed by atoms with van der Waals surface area (Å²) in [4.78, 5) is 28.3. The van der Waals surface area contributed by atoms with Crippen molar-refractivity contribution in [3.63, 3.8) is 0 Å². The van der Waals surface area contributed by atoms with Crippen molar-refractivity contribution in [2.45, 2.75) is 31.7 Å². The molecular formula is C19H30N6O2. The van der Waals surface area contributed by atoms with Crippen LogP contribution in [0.4, 0.5) is 11.8 Å². The second-order valence-electron chi connectivity index (χ2n) is 7.77. The van der Waals surface area contributed by atoms with Crippen LogP contribution in [-0.4, -0.2) is 84.2 Å². The smallest absolute Gasteiger partial charge is 0.227 e. The Hall–Kier alpha value is -1.93. The highest BCUT2D eigenvalue weighted by molar-refractivity contribution is 5.79. The molecule has 0 aliphatic carbocycles. The van der Waals surface area contributed by atoms with Crippen LogP contribution in [-0.2, 0) is 9.53 Å². The fraction of sp³-hybridized carbons (Fsp3) is 0.737. The summed E-state index contributed by atoms with van der Waals surface area (Å²) in [5, 5.41) is 0. The summed E-state index contributed by atoms with van der Waals surface area (Å²) in [5.74, 6) is 1.72. The van der Waals surface area contributed by atoms with E-state index in [1.807, 2.05) is 4.90 Å². The molecule has 148 valence electrons. The summed E-state index contributed by atoms with van der Waals surface area (Å²) in [7, 11) is 0. The Kier molecular flexibility index (Phi) is 5.73. The number of likely N-dealkylation sites (tertiary alicyclic amines) is 1. The molecule has 1 aromatic heterocycles. The van der Waals surface area contributed by atoms with E-state index >= 15 is 0 Å². The van der Waals surface area contributed by atoms with Gasteiger partial charge in [-0.05, 0) is 38.3 Å². The lowest BCUT2D eigenvalue weighted by Gasteiger charge is -2.43. The van der Waals surface area contributed by atoms with Crippen molar-refractivity contribution in [1.29, 1.82) is 0 Å². The first kappa shape index (κ1) is 18.4. The van der Waals surface area contributed by atoms with E-state index in [9.17, 15) is 4.79 Å². The van der Waals surface area contributed by atoms with Crippen LogP contribution in [0.1, 0.15) is 25.7 Å². The summed E-state index contributed by atoms with van der Waals surface area (Å²) in [6, 6.07) is 2.26. The second kappa shape index (κ2) is 8.39. The zero-order valence-corrected chi connectivity index (χ0v) is 15.9. The third kappa shape index (κ3) is 4.32. The Bertz CT molecular complexity index is 643. The molecule has 0 aromatic carbocycles. The molecule has 4 heterocycles. The van der Waals surface area contributed by atoms with Crippen LogP contribution in [0.15, 0.2) is 12.3 Å². The van der Waals surface area contributed by atoms with Gasteiger partial charge in [-0.1, -0.05) is 0 Å². The number of anilines is 2. The maximum absolute atomic E-state index is 12.9. The highest BCUT2D eigenvalue weighted by Crippen LogP contribution is 2.26. The van der Waals surface area contributed by atoms with Crippen molar-refractivity contribution in [3.8, 4) is 0 Å². The van der Waals surface area contributed by atoms with Crippen LogP contribution in [0.25, 0.3) is 0 Å². The Balaban J connectivity index is 1.31. The third-order valence-electron chi connectivity index (χ3n) is 6.05. The van der Waals surface area contributed by atoms with E-state index < -0.39 is 0 Å². The minimum Gasteiger partial charge on any atom is -0.384 e. The Morgan fingerprint density at radius 2 is 1.89 bits per heavy atom. The topological polar surface area (TPSA) is 87.8 Å². The summed E-state index contributed by atoms with van der Waals surface area (Å²) in [6.45, 7) is 6.71. The number of piperidine rings is 2. The maximum atomic E-state index is 12.9. The molecular weight excluding hydrogens is 344 g/mol. The first-order chi connectivity index (χ1) is 13.2. The number of hydrogen-bond donors (Lipinski definition) is 1. The Morgan fingerprint density at radius 1 is 1.11 bits per heavy atom. The fourth-order valence-electron chi connectivity index (χ4n) is 4.53. The first-order valence-corrected chi connectivity index (χ1v) is 10.1. The number of carbonyl (C=O) groups is 1. The molecule has 1 amide bonds. The van der Waals surface area contributed by atoms with Crippen molar-refractivity contribution in [2.75, 3.05) is 63.1 Å². The van der Waals surface area contributed by atoms with E-state index in [2.05, 4.69) is 19.8 Å². The summed E-state index contributed by atoms with van der Waals surface area (Å²) < 4.78 is 5.38. The average molecular weight is 374 g/mol. The summed E-state index contributed by atoms with van der Waals surface area (Å²) in [6.07, 6.45) is 6.01. The molecule has 2 N–H and O–H groups in total. The van der Waals surface area contributed by atoms with Crippen LogP contribution in [0.5, 0.6) is 0 Å². The number of morpholine rings is 1. The molecule has 1 atom stereocenters. The van der Waals surface area contributed by atoms with Gasteiger partial charge in [0.1, 0.15) is 5.82 Å². The van der Waals surface area contributed by atoms with Gasteiger partial charge in [-0.25, -0.2) is 4.98 Å². The SMILES string of the molecule is Nc1ccnc(N2CCC(N3CCC[C@@H](C(=O)N4CCOCC4)C3)CC2)n1. The third-order valence-corrected chi connectivity index (χ3v) is 6.05. The fourth-order valence-corrected chi connectivity index (χ4v) is 4.53. The molecule has 3 aliphatic rings. The predicted molar refractivity (Wildman–Crippen MR) is 103 cm³/mol. The van der Waals surface area contributed by atoms with E-state index in [0.29, 0.717) is 31.0 Å². The zero-order chi connectivity index (χ0) is 18.6. The molecule has 0 bridgehead atoms. The van der Waals surface area contributed by atoms with Crippen molar-refractivity contribution in [2.24, 2.45) is 5.92 Å². The number of aromatic nitrogens is 2. The minimum absolute atomic E-state index is 0.145. The number of nitrogens with two attached hydrogens (primary N) is 1. The van der Waals surface area contributed by atoms with Crippen molar-refractivity contribution in [3.05, 3.63) is 12.3 Å². The lowest BCUT2D eigenvalue weighted by molar-refractivity contribution is -0.141. The molecule has 0 unspecified atom stereocenters. The largest absolute Gasteiger partial charge is 0.384 e. The van der Waals surface area contributed by atoms with Gasteiger partial charge in [0.15, 0.2) is 0 Å².